The fraction of sp³-hybridized carbons (Fsp3) is 0.417. The van der Waals surface area contributed by atoms with E-state index in [0.29, 0.717) is 26.2 Å². The second-order valence-corrected chi connectivity index (χ2v) is 11.4. The molecule has 2 aromatic carbocycles. The lowest BCUT2D eigenvalue weighted by atomic mass is 10.2. The van der Waals surface area contributed by atoms with Crippen molar-refractivity contribution in [3.05, 3.63) is 59.7 Å². The summed E-state index contributed by atoms with van der Waals surface area (Å²) in [5, 5.41) is 9.86. The number of carbonyl (C=O) groups excluding carboxylic acids is 1. The summed E-state index contributed by atoms with van der Waals surface area (Å²) in [6.07, 6.45) is 0. The molecular weight excluding hydrogens is 522 g/mol. The molecule has 2 rings (SSSR count). The van der Waals surface area contributed by atoms with E-state index in [4.69, 9.17) is 9.94 Å². The van der Waals surface area contributed by atoms with Crippen molar-refractivity contribution in [2.75, 3.05) is 40.3 Å². The second kappa shape index (κ2) is 14.2. The second-order valence-electron chi connectivity index (χ2n) is 7.52. The summed E-state index contributed by atoms with van der Waals surface area (Å²) in [6.45, 7) is 8.50. The van der Waals surface area contributed by atoms with Gasteiger partial charge in [0.2, 0.25) is 20.0 Å². The number of hydroxylamine groups is 2. The van der Waals surface area contributed by atoms with Crippen LogP contribution in [-0.4, -0.2) is 87.8 Å². The van der Waals surface area contributed by atoms with Crippen LogP contribution < -0.4 is 0 Å². The van der Waals surface area contributed by atoms with Crippen LogP contribution >= 0.6 is 0 Å². The molecule has 206 valence electrons. The fourth-order valence-corrected chi connectivity index (χ4v) is 6.28. The molecule has 0 spiro atoms. The molecule has 0 aliphatic heterocycles. The molecule has 0 aliphatic carbocycles. The van der Waals surface area contributed by atoms with E-state index >= 15 is 0 Å². The molecule has 0 radical (unpaired) electrons. The molecule has 0 unspecified atom stereocenters. The first kappa shape index (κ1) is 32.2. The first-order valence-electron chi connectivity index (χ1n) is 11.6. The molecule has 1 amide bonds. The van der Waals surface area contributed by atoms with Crippen LogP contribution in [0.15, 0.2) is 58.3 Å². The third-order valence-electron chi connectivity index (χ3n) is 5.41. The van der Waals surface area contributed by atoms with Crippen LogP contribution in [0.25, 0.3) is 0 Å². The summed E-state index contributed by atoms with van der Waals surface area (Å²) >= 11 is 0. The number of aromatic carboxylic acids is 1. The Balaban J connectivity index is 0.000000375. The Bertz CT molecular complexity index is 1270. The zero-order chi connectivity index (χ0) is 28.4. The van der Waals surface area contributed by atoms with Gasteiger partial charge < -0.3 is 5.11 Å². The summed E-state index contributed by atoms with van der Waals surface area (Å²) in [6, 6.07) is 11.3. The van der Waals surface area contributed by atoms with Crippen molar-refractivity contribution in [2.24, 2.45) is 0 Å². The number of carboxylic acids is 1. The zero-order valence-electron chi connectivity index (χ0n) is 21.9. The normalized spacial score (nSPS) is 11.7. The Morgan fingerprint density at radius 2 is 1.14 bits per heavy atom. The van der Waals surface area contributed by atoms with Crippen molar-refractivity contribution < 1.29 is 36.4 Å². The molecule has 0 saturated heterocycles. The number of carbonyl (C=O) groups is 2. The van der Waals surface area contributed by atoms with E-state index in [-0.39, 0.29) is 20.9 Å². The molecule has 2 aromatic rings. The van der Waals surface area contributed by atoms with Gasteiger partial charge in [-0.3, -0.25) is 9.63 Å². The predicted octanol–water partition coefficient (Wildman–Crippen LogP) is 2.77. The Labute approximate surface area is 219 Å². The molecular formula is C24H35N3O8S2. The highest BCUT2D eigenvalue weighted by molar-refractivity contribution is 7.89. The van der Waals surface area contributed by atoms with Crippen LogP contribution in [0.1, 0.15) is 48.4 Å². The number of nitrogens with zero attached hydrogens (tertiary/aromatic N) is 3. The quantitative estimate of drug-likeness (QED) is 0.416. The Hall–Kier alpha value is -2.84. The van der Waals surface area contributed by atoms with Gasteiger partial charge in [0, 0.05) is 38.8 Å². The third kappa shape index (κ3) is 8.07. The van der Waals surface area contributed by atoms with Crippen LogP contribution in [-0.2, 0) is 24.9 Å². The van der Waals surface area contributed by atoms with Crippen LogP contribution in [0, 0.1) is 0 Å². The smallest absolute Gasteiger partial charge is 0.335 e. The van der Waals surface area contributed by atoms with Crippen molar-refractivity contribution in [1.29, 1.82) is 0 Å². The van der Waals surface area contributed by atoms with Gasteiger partial charge in [0.1, 0.15) is 0 Å². The number of sulfonamides is 2. The van der Waals surface area contributed by atoms with E-state index in [2.05, 4.69) is 0 Å². The largest absolute Gasteiger partial charge is 0.478 e. The third-order valence-corrected chi connectivity index (χ3v) is 9.50. The standard InChI is InChI=1S/C13H20N2O4S.C11H15NO4S/c1-5-15(6-2)20(17,18)12-9-7-8-11(10-12)13(16)14(3)19-4;1-3-12(4-2)17(15,16)10-7-5-6-9(8-10)11(13)14/h7-10H,5-6H2,1-4H3;5-8H,3-4H2,1-2H3,(H,13,14). The molecule has 0 atom stereocenters. The van der Waals surface area contributed by atoms with E-state index < -0.39 is 31.9 Å². The van der Waals surface area contributed by atoms with E-state index in [1.165, 1.54) is 59.2 Å². The highest BCUT2D eigenvalue weighted by Gasteiger charge is 2.24. The maximum Gasteiger partial charge on any atom is 0.335 e. The Morgan fingerprint density at radius 3 is 1.49 bits per heavy atom. The topological polar surface area (TPSA) is 142 Å². The molecule has 0 bridgehead atoms. The fourth-order valence-electron chi connectivity index (χ4n) is 3.27. The van der Waals surface area contributed by atoms with E-state index in [9.17, 15) is 26.4 Å². The number of rotatable bonds is 11. The zero-order valence-corrected chi connectivity index (χ0v) is 23.5. The lowest BCUT2D eigenvalue weighted by Crippen LogP contribution is -2.31. The first-order chi connectivity index (χ1) is 17.3. The van der Waals surface area contributed by atoms with Gasteiger partial charge in [0.05, 0.1) is 22.5 Å². The molecule has 37 heavy (non-hydrogen) atoms. The van der Waals surface area contributed by atoms with Gasteiger partial charge in [-0.25, -0.2) is 26.7 Å². The summed E-state index contributed by atoms with van der Waals surface area (Å²) in [5.74, 6) is -1.54. The van der Waals surface area contributed by atoms with Gasteiger partial charge >= 0.3 is 5.97 Å². The number of hydrogen-bond donors (Lipinski definition) is 1. The molecule has 0 aliphatic rings. The lowest BCUT2D eigenvalue weighted by molar-refractivity contribution is -0.0757. The number of hydrogen-bond acceptors (Lipinski definition) is 7. The highest BCUT2D eigenvalue weighted by atomic mass is 32.2. The van der Waals surface area contributed by atoms with E-state index in [1.54, 1.807) is 39.8 Å². The Morgan fingerprint density at radius 1 is 0.757 bits per heavy atom. The van der Waals surface area contributed by atoms with Crippen LogP contribution in [0.2, 0.25) is 0 Å². The maximum atomic E-state index is 12.4. The molecule has 0 heterocycles. The summed E-state index contributed by atoms with van der Waals surface area (Å²) in [5.41, 5.74) is 0.237. The van der Waals surface area contributed by atoms with Crippen molar-refractivity contribution in [1.82, 2.24) is 13.7 Å². The van der Waals surface area contributed by atoms with Crippen LogP contribution in [0.4, 0.5) is 0 Å². The number of benzene rings is 2. The maximum absolute atomic E-state index is 12.4. The minimum absolute atomic E-state index is 0.0149. The average molecular weight is 558 g/mol. The van der Waals surface area contributed by atoms with Gasteiger partial charge in [-0.2, -0.15) is 8.61 Å². The molecule has 0 fully saturated rings. The van der Waals surface area contributed by atoms with Crippen LogP contribution in [0.5, 0.6) is 0 Å². The summed E-state index contributed by atoms with van der Waals surface area (Å²) in [7, 11) is -4.32. The highest BCUT2D eigenvalue weighted by Crippen LogP contribution is 2.18. The summed E-state index contributed by atoms with van der Waals surface area (Å²) < 4.78 is 51.6. The van der Waals surface area contributed by atoms with Gasteiger partial charge in [0.25, 0.3) is 5.91 Å². The SMILES string of the molecule is CCN(CC)S(=O)(=O)c1cccc(C(=O)N(C)OC)c1.CCN(CC)S(=O)(=O)c1cccc(C(=O)O)c1. The van der Waals surface area contributed by atoms with E-state index in [0.717, 1.165) is 5.06 Å². The first-order valence-corrected chi connectivity index (χ1v) is 14.4. The van der Waals surface area contributed by atoms with E-state index in [1.807, 2.05) is 0 Å². The monoisotopic (exact) mass is 557 g/mol. The van der Waals surface area contributed by atoms with Crippen molar-refractivity contribution in [3.63, 3.8) is 0 Å². The van der Waals surface area contributed by atoms with Crippen molar-refractivity contribution in [2.45, 2.75) is 37.5 Å². The molecule has 11 nitrogen and oxygen atoms in total. The van der Waals surface area contributed by atoms with Gasteiger partial charge in [0.15, 0.2) is 0 Å². The number of amides is 1. The number of carboxylic acid groups (broad SMARTS) is 1. The van der Waals surface area contributed by atoms with Gasteiger partial charge in [-0.05, 0) is 36.4 Å². The lowest BCUT2D eigenvalue weighted by Gasteiger charge is -2.19. The van der Waals surface area contributed by atoms with Gasteiger partial charge in [-0.15, -0.1) is 0 Å². The molecule has 0 saturated carbocycles. The summed E-state index contributed by atoms with van der Waals surface area (Å²) in [4.78, 5) is 27.7. The van der Waals surface area contributed by atoms with Crippen molar-refractivity contribution in [3.8, 4) is 0 Å². The molecule has 13 heteroatoms. The van der Waals surface area contributed by atoms with Crippen LogP contribution in [0.3, 0.4) is 0 Å². The van der Waals surface area contributed by atoms with Gasteiger partial charge in [-0.1, -0.05) is 39.8 Å². The average Bonchev–Trinajstić information content (AvgIpc) is 2.89. The minimum Gasteiger partial charge on any atom is -0.478 e. The molecule has 0 aromatic heterocycles. The minimum atomic E-state index is -3.59. The Kier molecular flexibility index (Phi) is 12.3. The molecule has 1 N–H and O–H groups in total. The predicted molar refractivity (Wildman–Crippen MR) is 139 cm³/mol. The van der Waals surface area contributed by atoms with Crippen molar-refractivity contribution >= 4 is 31.9 Å².